The molecule has 26 heavy (non-hydrogen) atoms. The number of nitrogens with zero attached hydrogens (tertiary/aromatic N) is 3. The molecule has 1 N–H and O–H groups in total. The van der Waals surface area contributed by atoms with Gasteiger partial charge in [0.05, 0.1) is 22.5 Å². The normalized spacial score (nSPS) is 13.2. The number of hydrogen-bond donors (Lipinski definition) is 1. The molecule has 7 nitrogen and oxygen atoms in total. The van der Waals surface area contributed by atoms with Gasteiger partial charge >= 0.3 is 5.97 Å². The number of carboxylic acid groups (broad SMARTS) is 1. The third-order valence-corrected chi connectivity index (χ3v) is 4.03. The maximum absolute atomic E-state index is 13.9. The van der Waals surface area contributed by atoms with Crippen LogP contribution in [0.2, 0.25) is 0 Å². The average molecular weight is 351 g/mol. The molecule has 0 saturated heterocycles. The van der Waals surface area contributed by atoms with E-state index >= 15 is 0 Å². The molecule has 2 heterocycles. The summed E-state index contributed by atoms with van der Waals surface area (Å²) in [6, 6.07) is 11.1. The summed E-state index contributed by atoms with van der Waals surface area (Å²) < 4.78 is 15.0. The maximum Gasteiger partial charge on any atom is 0.356 e. The number of halogens is 1. The predicted octanol–water partition coefficient (Wildman–Crippen LogP) is 2.51. The van der Waals surface area contributed by atoms with Gasteiger partial charge in [-0.25, -0.2) is 18.8 Å². The highest BCUT2D eigenvalue weighted by Crippen LogP contribution is 2.33. The van der Waals surface area contributed by atoms with E-state index in [1.54, 1.807) is 12.1 Å². The molecule has 0 saturated carbocycles. The summed E-state index contributed by atoms with van der Waals surface area (Å²) in [5.41, 5.74) is 0.408. The van der Waals surface area contributed by atoms with Gasteiger partial charge in [0.2, 0.25) is 0 Å². The van der Waals surface area contributed by atoms with E-state index in [1.165, 1.54) is 35.1 Å². The number of anilines is 1. The van der Waals surface area contributed by atoms with E-state index in [9.17, 15) is 18.8 Å². The van der Waals surface area contributed by atoms with Gasteiger partial charge in [-0.15, -0.1) is 0 Å². The van der Waals surface area contributed by atoms with Gasteiger partial charge in [0.25, 0.3) is 11.8 Å². The van der Waals surface area contributed by atoms with Crippen molar-refractivity contribution >= 4 is 23.5 Å². The molecule has 0 bridgehead atoms. The summed E-state index contributed by atoms with van der Waals surface area (Å²) in [6.45, 7) is 0. The quantitative estimate of drug-likeness (QED) is 0.732. The second kappa shape index (κ2) is 5.62. The number of rotatable bonds is 3. The van der Waals surface area contributed by atoms with Crippen LogP contribution in [0.5, 0.6) is 0 Å². The Morgan fingerprint density at radius 1 is 0.962 bits per heavy atom. The van der Waals surface area contributed by atoms with Crippen LogP contribution < -0.4 is 4.90 Å². The van der Waals surface area contributed by atoms with Crippen molar-refractivity contribution in [2.45, 2.75) is 0 Å². The fraction of sp³-hybridized carbons (Fsp3) is 0. The van der Waals surface area contributed by atoms with Gasteiger partial charge in [0, 0.05) is 12.3 Å². The Morgan fingerprint density at radius 3 is 2.19 bits per heavy atom. The number of carbonyl (C=O) groups excluding carboxylic acids is 2. The lowest BCUT2D eigenvalue weighted by Crippen LogP contribution is -2.30. The minimum absolute atomic E-state index is 0.0174. The van der Waals surface area contributed by atoms with Gasteiger partial charge in [-0.2, -0.15) is 5.10 Å². The van der Waals surface area contributed by atoms with E-state index in [4.69, 9.17) is 5.11 Å². The molecule has 1 aliphatic rings. The van der Waals surface area contributed by atoms with Gasteiger partial charge in [-0.05, 0) is 30.3 Å². The molecule has 2 amide bonds. The Balaban J connectivity index is 1.87. The molecule has 4 rings (SSSR count). The molecule has 8 heteroatoms. The molecule has 3 aromatic rings. The molecule has 2 aromatic carbocycles. The fourth-order valence-corrected chi connectivity index (χ4v) is 2.85. The lowest BCUT2D eigenvalue weighted by atomic mass is 10.1. The largest absolute Gasteiger partial charge is 0.476 e. The minimum Gasteiger partial charge on any atom is -0.476 e. The number of amides is 2. The first kappa shape index (κ1) is 15.7. The Hall–Kier alpha value is -3.81. The summed E-state index contributed by atoms with van der Waals surface area (Å²) in [7, 11) is 0. The van der Waals surface area contributed by atoms with Crippen molar-refractivity contribution in [2.24, 2.45) is 0 Å². The topological polar surface area (TPSA) is 92.5 Å². The van der Waals surface area contributed by atoms with Crippen LogP contribution in [0.15, 0.2) is 54.7 Å². The number of aromatic nitrogens is 2. The number of fused-ring (bicyclic) bond motifs is 1. The highest BCUT2D eigenvalue weighted by atomic mass is 19.1. The van der Waals surface area contributed by atoms with E-state index < -0.39 is 23.6 Å². The second-order valence-corrected chi connectivity index (χ2v) is 5.58. The highest BCUT2D eigenvalue weighted by Gasteiger charge is 2.38. The first-order valence-electron chi connectivity index (χ1n) is 7.54. The Morgan fingerprint density at radius 2 is 1.62 bits per heavy atom. The molecule has 0 unspecified atom stereocenters. The van der Waals surface area contributed by atoms with Gasteiger partial charge in [-0.3, -0.25) is 9.59 Å². The van der Waals surface area contributed by atoms with Crippen LogP contribution in [0, 0.1) is 5.82 Å². The van der Waals surface area contributed by atoms with Crippen LogP contribution >= 0.6 is 0 Å². The van der Waals surface area contributed by atoms with Crippen molar-refractivity contribution in [2.75, 3.05) is 4.90 Å². The molecule has 128 valence electrons. The number of carbonyl (C=O) groups is 3. The Kier molecular flexibility index (Phi) is 3.40. The van der Waals surface area contributed by atoms with Crippen LogP contribution in [0.1, 0.15) is 31.2 Å². The van der Waals surface area contributed by atoms with Gasteiger partial charge in [-0.1, -0.05) is 12.1 Å². The van der Waals surface area contributed by atoms with Gasteiger partial charge in [0.1, 0.15) is 5.82 Å². The average Bonchev–Trinajstić information content (AvgIpc) is 3.20. The standard InChI is InChI=1S/C18H10FN3O4/c19-10-5-6-14(21-8-7-13(20-21)18(25)26)15(9-10)22-16(23)11-3-1-2-4-12(11)17(22)24/h1-9H,(H,25,26). The van der Waals surface area contributed by atoms with Crippen LogP contribution in [-0.2, 0) is 0 Å². The van der Waals surface area contributed by atoms with Crippen molar-refractivity contribution in [1.82, 2.24) is 9.78 Å². The van der Waals surface area contributed by atoms with Gasteiger partial charge in [0.15, 0.2) is 5.69 Å². The molecule has 0 fully saturated rings. The van der Waals surface area contributed by atoms with Crippen molar-refractivity contribution in [3.8, 4) is 5.69 Å². The SMILES string of the molecule is O=C(O)c1ccn(-c2ccc(F)cc2N2C(=O)c3ccccc3C2=O)n1. The molecule has 0 aliphatic carbocycles. The summed E-state index contributed by atoms with van der Waals surface area (Å²) in [5.74, 6) is -3.04. The summed E-state index contributed by atoms with van der Waals surface area (Å²) >= 11 is 0. The van der Waals surface area contributed by atoms with Gasteiger partial charge < -0.3 is 5.11 Å². The third-order valence-electron chi connectivity index (χ3n) is 4.03. The fourth-order valence-electron chi connectivity index (χ4n) is 2.85. The van der Waals surface area contributed by atoms with Crippen LogP contribution in [0.4, 0.5) is 10.1 Å². The van der Waals surface area contributed by atoms with Crippen LogP contribution in [0.25, 0.3) is 5.69 Å². The maximum atomic E-state index is 13.9. The van der Waals surface area contributed by atoms with E-state index in [1.807, 2.05) is 0 Å². The number of hydrogen-bond acceptors (Lipinski definition) is 4. The zero-order chi connectivity index (χ0) is 18.4. The van der Waals surface area contributed by atoms with E-state index in [0.29, 0.717) is 0 Å². The smallest absolute Gasteiger partial charge is 0.356 e. The Bertz CT molecular complexity index is 1050. The molecule has 1 aliphatic heterocycles. The monoisotopic (exact) mass is 351 g/mol. The van der Waals surface area contributed by atoms with E-state index in [2.05, 4.69) is 5.10 Å². The summed E-state index contributed by atoms with van der Waals surface area (Å²) in [6.07, 6.45) is 1.36. The van der Waals surface area contributed by atoms with E-state index in [-0.39, 0.29) is 28.2 Å². The van der Waals surface area contributed by atoms with Crippen molar-refractivity contribution in [1.29, 1.82) is 0 Å². The lowest BCUT2D eigenvalue weighted by Gasteiger charge is -2.18. The zero-order valence-electron chi connectivity index (χ0n) is 13.1. The molecule has 0 spiro atoms. The predicted molar refractivity (Wildman–Crippen MR) is 88.1 cm³/mol. The van der Waals surface area contributed by atoms with Crippen molar-refractivity contribution in [3.63, 3.8) is 0 Å². The minimum atomic E-state index is -1.23. The summed E-state index contributed by atoms with van der Waals surface area (Å²) in [5, 5.41) is 12.9. The third kappa shape index (κ3) is 2.27. The molecular formula is C18H10FN3O4. The Labute approximate surface area is 145 Å². The molecular weight excluding hydrogens is 341 g/mol. The second-order valence-electron chi connectivity index (χ2n) is 5.58. The first-order valence-corrected chi connectivity index (χ1v) is 7.54. The molecule has 0 atom stereocenters. The number of imide groups is 1. The zero-order valence-corrected chi connectivity index (χ0v) is 13.1. The van der Waals surface area contributed by atoms with E-state index in [0.717, 1.165) is 17.0 Å². The number of aromatic carboxylic acids is 1. The van der Waals surface area contributed by atoms with Crippen LogP contribution in [-0.4, -0.2) is 32.7 Å². The lowest BCUT2D eigenvalue weighted by molar-refractivity contribution is 0.0689. The highest BCUT2D eigenvalue weighted by molar-refractivity contribution is 6.34. The molecule has 0 radical (unpaired) electrons. The van der Waals surface area contributed by atoms with Crippen molar-refractivity contribution < 1.29 is 23.9 Å². The van der Waals surface area contributed by atoms with Crippen molar-refractivity contribution in [3.05, 3.63) is 77.4 Å². The number of benzene rings is 2. The molecule has 1 aromatic heterocycles. The first-order chi connectivity index (χ1) is 12.5. The van der Waals surface area contributed by atoms with Crippen LogP contribution in [0.3, 0.4) is 0 Å². The number of carboxylic acids is 1. The summed E-state index contributed by atoms with van der Waals surface area (Å²) in [4.78, 5) is 37.3.